The Labute approximate surface area is 193 Å². The Bertz CT molecular complexity index is 975. The fourth-order valence-electron chi connectivity index (χ4n) is 3.81. The maximum atomic E-state index is 12.8. The third kappa shape index (κ3) is 6.08. The number of epoxide rings is 1. The predicted molar refractivity (Wildman–Crippen MR) is 117 cm³/mol. The number of carbonyl (C=O) groups excluding carboxylic acids is 3. The molecule has 3 unspecified atom stereocenters. The number of amides is 3. The van der Waals surface area contributed by atoms with Gasteiger partial charge in [0, 0.05) is 38.6 Å². The van der Waals surface area contributed by atoms with Crippen molar-refractivity contribution in [3.05, 3.63) is 29.8 Å². The number of hydrogen-bond donors (Lipinski definition) is 3. The number of rotatable bonds is 9. The summed E-state index contributed by atoms with van der Waals surface area (Å²) in [5.74, 6) is -1.48. The highest BCUT2D eigenvalue weighted by molar-refractivity contribution is 7.89. The molecule has 0 bridgehead atoms. The van der Waals surface area contributed by atoms with Gasteiger partial charge in [-0.05, 0) is 25.5 Å². The number of sulfonamides is 1. The molecule has 3 rings (SSSR count). The number of aryl methyl sites for hydroxylation is 1. The zero-order valence-corrected chi connectivity index (χ0v) is 19.5. The number of hydroxylamine groups is 1. The smallest absolute Gasteiger partial charge is 0.275 e. The Balaban J connectivity index is 1.52. The highest BCUT2D eigenvalue weighted by Gasteiger charge is 2.50. The van der Waals surface area contributed by atoms with Gasteiger partial charge in [-0.1, -0.05) is 31.0 Å². The molecular weight excluding hydrogens is 452 g/mol. The molecule has 0 radical (unpaired) electrons. The Hall–Kier alpha value is -2.54. The van der Waals surface area contributed by atoms with Crippen LogP contribution >= 0.6 is 0 Å². The van der Waals surface area contributed by atoms with Crippen LogP contribution in [-0.2, 0) is 29.1 Å². The van der Waals surface area contributed by atoms with Gasteiger partial charge in [-0.2, -0.15) is 4.31 Å². The van der Waals surface area contributed by atoms with Crippen LogP contribution in [0.4, 0.5) is 0 Å². The van der Waals surface area contributed by atoms with Crippen molar-refractivity contribution in [3.8, 4) is 0 Å². The summed E-state index contributed by atoms with van der Waals surface area (Å²) in [4.78, 5) is 38.3. The lowest BCUT2D eigenvalue weighted by Gasteiger charge is -2.34. The highest BCUT2D eigenvalue weighted by atomic mass is 32.2. The average molecular weight is 483 g/mol. The first-order valence-electron chi connectivity index (χ1n) is 10.9. The molecule has 3 N–H and O–H groups in total. The quantitative estimate of drug-likeness (QED) is 0.250. The molecule has 2 fully saturated rings. The minimum absolute atomic E-state index is 0.0634. The summed E-state index contributed by atoms with van der Waals surface area (Å²) in [7, 11) is -3.62. The van der Waals surface area contributed by atoms with Crippen LogP contribution in [0.2, 0.25) is 0 Å². The van der Waals surface area contributed by atoms with Gasteiger partial charge in [0.2, 0.25) is 15.9 Å². The van der Waals surface area contributed by atoms with Gasteiger partial charge in [-0.25, -0.2) is 13.9 Å². The number of nitrogens with one attached hydrogen (secondary N) is 2. The summed E-state index contributed by atoms with van der Waals surface area (Å²) in [6.45, 7) is 4.73. The summed E-state index contributed by atoms with van der Waals surface area (Å²) in [6.07, 6.45) is -0.664. The minimum atomic E-state index is -3.62. The van der Waals surface area contributed by atoms with Crippen molar-refractivity contribution in [2.24, 2.45) is 0 Å². The second kappa shape index (κ2) is 10.6. The number of hydrogen-bond acceptors (Lipinski definition) is 7. The minimum Gasteiger partial charge on any atom is -0.350 e. The second-order valence-electron chi connectivity index (χ2n) is 8.25. The van der Waals surface area contributed by atoms with Crippen molar-refractivity contribution in [2.45, 2.75) is 56.3 Å². The largest absolute Gasteiger partial charge is 0.350 e. The van der Waals surface area contributed by atoms with E-state index in [0.717, 1.165) is 12.0 Å². The van der Waals surface area contributed by atoms with E-state index in [9.17, 15) is 22.8 Å². The summed E-state index contributed by atoms with van der Waals surface area (Å²) in [5.41, 5.74) is 2.41. The monoisotopic (exact) mass is 482 g/mol. The molecule has 0 spiro atoms. The molecule has 3 amide bonds. The van der Waals surface area contributed by atoms with Crippen LogP contribution in [0, 0.1) is 6.92 Å². The van der Waals surface area contributed by atoms with Crippen LogP contribution in [0.15, 0.2) is 29.2 Å². The summed E-state index contributed by atoms with van der Waals surface area (Å²) in [5, 5.41) is 11.4. The molecule has 33 heavy (non-hydrogen) atoms. The van der Waals surface area contributed by atoms with E-state index in [2.05, 4.69) is 5.32 Å². The van der Waals surface area contributed by atoms with E-state index in [1.807, 2.05) is 13.8 Å². The Kier molecular flexibility index (Phi) is 8.05. The zero-order chi connectivity index (χ0) is 24.2. The van der Waals surface area contributed by atoms with Gasteiger partial charge in [0.1, 0.15) is 0 Å². The fraction of sp³-hybridized carbons (Fsp3) is 0.571. The molecule has 2 heterocycles. The van der Waals surface area contributed by atoms with Crippen LogP contribution in [-0.4, -0.2) is 85.0 Å². The van der Waals surface area contributed by atoms with Crippen molar-refractivity contribution in [3.63, 3.8) is 0 Å². The van der Waals surface area contributed by atoms with Gasteiger partial charge in [-0.15, -0.1) is 0 Å². The fourth-order valence-corrected chi connectivity index (χ4v) is 5.23. The third-order valence-corrected chi connectivity index (χ3v) is 7.69. The normalized spacial score (nSPS) is 21.8. The standard InChI is InChI=1S/C21H30N4O7S/c1-3-4-15(22-20(27)18-19(32-18)21(28)23-29)13-17(26)24-9-11-25(12-10-24)33(30,31)16-7-5-14(2)6-8-16/h5-8,15,18-19,29H,3-4,9-13H2,1-2H3,(H,22,27)(H,23,28). The molecular formula is C21H30N4O7S. The lowest BCUT2D eigenvalue weighted by atomic mass is 10.1. The van der Waals surface area contributed by atoms with Crippen LogP contribution in [0.1, 0.15) is 31.7 Å². The number of nitrogens with zero attached hydrogens (tertiary/aromatic N) is 2. The first kappa shape index (κ1) is 25.1. The first-order chi connectivity index (χ1) is 15.7. The van der Waals surface area contributed by atoms with Crippen LogP contribution in [0.3, 0.4) is 0 Å². The first-order valence-corrected chi connectivity index (χ1v) is 12.4. The van der Waals surface area contributed by atoms with E-state index in [1.54, 1.807) is 29.2 Å². The molecule has 0 aliphatic carbocycles. The van der Waals surface area contributed by atoms with Gasteiger partial charge >= 0.3 is 0 Å². The molecule has 2 saturated heterocycles. The average Bonchev–Trinajstić information content (AvgIpc) is 3.60. The highest BCUT2D eigenvalue weighted by Crippen LogP contribution is 2.23. The maximum Gasteiger partial charge on any atom is 0.275 e. The topological polar surface area (TPSA) is 149 Å². The van der Waals surface area contributed by atoms with E-state index in [0.29, 0.717) is 6.42 Å². The van der Waals surface area contributed by atoms with E-state index in [1.165, 1.54) is 9.79 Å². The Morgan fingerprint density at radius 3 is 2.27 bits per heavy atom. The Morgan fingerprint density at radius 2 is 1.70 bits per heavy atom. The summed E-state index contributed by atoms with van der Waals surface area (Å²) < 4.78 is 32.0. The summed E-state index contributed by atoms with van der Waals surface area (Å²) in [6, 6.07) is 6.23. The zero-order valence-electron chi connectivity index (χ0n) is 18.7. The molecule has 2 aliphatic heterocycles. The SMILES string of the molecule is CCCC(CC(=O)N1CCN(S(=O)(=O)c2ccc(C)cc2)CC1)NC(=O)C1OC1C(=O)NO. The summed E-state index contributed by atoms with van der Waals surface area (Å²) >= 11 is 0. The van der Waals surface area contributed by atoms with Crippen LogP contribution in [0.25, 0.3) is 0 Å². The van der Waals surface area contributed by atoms with Gasteiger partial charge in [0.15, 0.2) is 12.2 Å². The molecule has 182 valence electrons. The van der Waals surface area contributed by atoms with Crippen molar-refractivity contribution in [2.75, 3.05) is 26.2 Å². The molecule has 1 aromatic rings. The molecule has 3 atom stereocenters. The maximum absolute atomic E-state index is 12.8. The van der Waals surface area contributed by atoms with E-state index in [-0.39, 0.29) is 43.4 Å². The number of carbonyl (C=O) groups is 3. The molecule has 1 aromatic carbocycles. The molecule has 11 nitrogen and oxygen atoms in total. The van der Waals surface area contributed by atoms with E-state index in [4.69, 9.17) is 9.94 Å². The van der Waals surface area contributed by atoms with Gasteiger partial charge in [-0.3, -0.25) is 19.6 Å². The second-order valence-corrected chi connectivity index (χ2v) is 10.2. The van der Waals surface area contributed by atoms with Gasteiger partial charge < -0.3 is 15.0 Å². The van der Waals surface area contributed by atoms with Gasteiger partial charge in [0.25, 0.3) is 11.8 Å². The van der Waals surface area contributed by atoms with Crippen molar-refractivity contribution < 1.29 is 32.7 Å². The number of piperazine rings is 1. The van der Waals surface area contributed by atoms with Gasteiger partial charge in [0.05, 0.1) is 4.90 Å². The molecule has 2 aliphatic rings. The van der Waals surface area contributed by atoms with E-state index >= 15 is 0 Å². The molecule has 0 aromatic heterocycles. The lowest BCUT2D eigenvalue weighted by molar-refractivity contribution is -0.133. The Morgan fingerprint density at radius 1 is 1.09 bits per heavy atom. The van der Waals surface area contributed by atoms with E-state index < -0.39 is 40.1 Å². The predicted octanol–water partition coefficient (Wildman–Crippen LogP) is -0.224. The van der Waals surface area contributed by atoms with Crippen molar-refractivity contribution in [1.82, 2.24) is 20.0 Å². The van der Waals surface area contributed by atoms with Crippen LogP contribution in [0.5, 0.6) is 0 Å². The number of ether oxygens (including phenoxy) is 1. The molecule has 12 heteroatoms. The van der Waals surface area contributed by atoms with Crippen LogP contribution < -0.4 is 10.8 Å². The third-order valence-electron chi connectivity index (χ3n) is 5.77. The lowest BCUT2D eigenvalue weighted by Crippen LogP contribution is -2.51. The molecule has 0 saturated carbocycles. The number of benzene rings is 1. The van der Waals surface area contributed by atoms with Crippen molar-refractivity contribution in [1.29, 1.82) is 0 Å². The van der Waals surface area contributed by atoms with Crippen molar-refractivity contribution >= 4 is 27.7 Å².